The Balaban J connectivity index is 1.38. The maximum Gasteiger partial charge on any atom is 0.267 e. The monoisotopic (exact) mass is 549 g/mol. The number of piperazine rings is 1. The van der Waals surface area contributed by atoms with Gasteiger partial charge in [-0.3, -0.25) is 18.9 Å². The zero-order valence-electron chi connectivity index (χ0n) is 21.1. The number of amides is 1. The fourth-order valence-electron chi connectivity index (χ4n) is 5.62. The molecule has 0 spiro atoms. The van der Waals surface area contributed by atoms with E-state index in [2.05, 4.69) is 4.90 Å². The third-order valence-electron chi connectivity index (χ3n) is 7.63. The van der Waals surface area contributed by atoms with E-state index in [1.54, 1.807) is 29.3 Å². The predicted molar refractivity (Wildman–Crippen MR) is 154 cm³/mol. The number of carbonyl (C=O) groups excluding carboxylic acids is 1. The number of anilines is 2. The van der Waals surface area contributed by atoms with Crippen LogP contribution in [0.4, 0.5) is 15.9 Å². The molecule has 2 aromatic heterocycles. The summed E-state index contributed by atoms with van der Waals surface area (Å²) >= 11 is 6.84. The molecular formula is C28H28FN5O2S2. The highest BCUT2D eigenvalue weighted by molar-refractivity contribution is 8.26. The Kier molecular flexibility index (Phi) is 6.69. The smallest absolute Gasteiger partial charge is 0.267 e. The molecule has 1 amide bonds. The predicted octanol–water partition coefficient (Wildman–Crippen LogP) is 4.61. The average molecular weight is 550 g/mol. The van der Waals surface area contributed by atoms with Gasteiger partial charge in [0.2, 0.25) is 0 Å². The lowest BCUT2D eigenvalue weighted by atomic mass is 10.1. The van der Waals surface area contributed by atoms with Crippen LogP contribution in [-0.4, -0.2) is 56.7 Å². The lowest BCUT2D eigenvalue weighted by Gasteiger charge is -2.37. The van der Waals surface area contributed by atoms with Crippen LogP contribution in [0.15, 0.2) is 52.3 Å². The van der Waals surface area contributed by atoms with Gasteiger partial charge in [-0.15, -0.1) is 0 Å². The SMILES string of the molecule is Cc1cccn2c(=O)c(/C=C3/SC(=S)N(C4CCCC4)C3=O)c(N3CCN(c4ccccc4F)CC3)nc12. The molecule has 7 nitrogen and oxygen atoms in total. The molecule has 196 valence electrons. The number of thioether (sulfide) groups is 1. The highest BCUT2D eigenvalue weighted by Gasteiger charge is 2.38. The number of carbonyl (C=O) groups is 1. The summed E-state index contributed by atoms with van der Waals surface area (Å²) in [6.45, 7) is 4.21. The van der Waals surface area contributed by atoms with Crippen molar-refractivity contribution < 1.29 is 9.18 Å². The normalized spacial score (nSPS) is 19.9. The second kappa shape index (κ2) is 10.1. The number of benzene rings is 1. The second-order valence-electron chi connectivity index (χ2n) is 9.95. The molecule has 2 saturated heterocycles. The fraction of sp³-hybridized carbons (Fsp3) is 0.357. The van der Waals surface area contributed by atoms with Crippen LogP contribution in [0.3, 0.4) is 0 Å². The minimum Gasteiger partial charge on any atom is -0.366 e. The Hall–Kier alpha value is -3.24. The van der Waals surface area contributed by atoms with Gasteiger partial charge < -0.3 is 9.80 Å². The second-order valence-corrected chi connectivity index (χ2v) is 11.6. The lowest BCUT2D eigenvalue weighted by Crippen LogP contribution is -2.47. The van der Waals surface area contributed by atoms with E-state index in [0.717, 1.165) is 31.2 Å². The number of halogens is 1. The van der Waals surface area contributed by atoms with Crippen LogP contribution in [0.2, 0.25) is 0 Å². The summed E-state index contributed by atoms with van der Waals surface area (Å²) in [5.41, 5.74) is 2.19. The standard InChI is InChI=1S/C28H28FN5O2S2/c1-18-7-6-12-33-24(18)30-25(32-15-13-31(14-16-32)22-11-5-4-10-21(22)29)20(26(33)35)17-23-27(36)34(28(37)38-23)19-8-2-3-9-19/h4-7,10-12,17,19H,2-3,8-9,13-16H2,1H3/b23-17+. The molecule has 6 rings (SSSR count). The summed E-state index contributed by atoms with van der Waals surface area (Å²) in [4.78, 5) is 38.4. The molecule has 0 unspecified atom stereocenters. The first-order valence-corrected chi connectivity index (χ1v) is 14.2. The van der Waals surface area contributed by atoms with Gasteiger partial charge in [0.25, 0.3) is 11.5 Å². The molecule has 3 aromatic rings. The number of aromatic nitrogens is 2. The van der Waals surface area contributed by atoms with Crippen molar-refractivity contribution in [2.24, 2.45) is 0 Å². The number of para-hydroxylation sites is 1. The van der Waals surface area contributed by atoms with E-state index in [1.807, 2.05) is 30.0 Å². The van der Waals surface area contributed by atoms with E-state index in [0.29, 0.717) is 58.1 Å². The summed E-state index contributed by atoms with van der Waals surface area (Å²) in [7, 11) is 0. The third kappa shape index (κ3) is 4.39. The zero-order valence-corrected chi connectivity index (χ0v) is 22.7. The number of pyridine rings is 1. The van der Waals surface area contributed by atoms with Crippen LogP contribution in [0.1, 0.15) is 36.8 Å². The number of hydrogen-bond donors (Lipinski definition) is 0. The lowest BCUT2D eigenvalue weighted by molar-refractivity contribution is -0.123. The first kappa shape index (κ1) is 25.1. The number of nitrogens with zero attached hydrogens (tertiary/aromatic N) is 5. The van der Waals surface area contributed by atoms with Crippen molar-refractivity contribution in [2.45, 2.75) is 38.6 Å². The number of rotatable bonds is 4. The van der Waals surface area contributed by atoms with Crippen LogP contribution >= 0.6 is 24.0 Å². The Labute approximate surface area is 229 Å². The molecule has 3 fully saturated rings. The van der Waals surface area contributed by atoms with E-state index in [1.165, 1.54) is 22.2 Å². The largest absolute Gasteiger partial charge is 0.366 e. The molecule has 0 bridgehead atoms. The number of hydrogen-bond acceptors (Lipinski definition) is 7. The van der Waals surface area contributed by atoms with Crippen molar-refractivity contribution in [1.82, 2.24) is 14.3 Å². The van der Waals surface area contributed by atoms with Gasteiger partial charge in [-0.1, -0.05) is 55.0 Å². The summed E-state index contributed by atoms with van der Waals surface area (Å²) in [6.07, 6.45) is 7.49. The van der Waals surface area contributed by atoms with E-state index >= 15 is 0 Å². The quantitative estimate of drug-likeness (QED) is 0.348. The molecule has 1 saturated carbocycles. The van der Waals surface area contributed by atoms with Crippen molar-refractivity contribution in [3.8, 4) is 0 Å². The number of fused-ring (bicyclic) bond motifs is 1. The minimum atomic E-state index is -0.247. The van der Waals surface area contributed by atoms with Crippen LogP contribution in [0.5, 0.6) is 0 Å². The van der Waals surface area contributed by atoms with Crippen LogP contribution in [0.25, 0.3) is 11.7 Å². The Morgan fingerprint density at radius 2 is 1.74 bits per heavy atom. The molecule has 2 aliphatic heterocycles. The van der Waals surface area contributed by atoms with Gasteiger partial charge in [-0.2, -0.15) is 0 Å². The van der Waals surface area contributed by atoms with Gasteiger partial charge in [0.1, 0.15) is 21.6 Å². The molecular weight excluding hydrogens is 521 g/mol. The fourth-order valence-corrected chi connectivity index (χ4v) is 7.01. The third-order valence-corrected chi connectivity index (χ3v) is 8.96. The van der Waals surface area contributed by atoms with Crippen molar-refractivity contribution in [2.75, 3.05) is 36.0 Å². The minimum absolute atomic E-state index is 0.129. The molecule has 0 atom stereocenters. The van der Waals surface area contributed by atoms with Gasteiger partial charge in [-0.05, 0) is 49.6 Å². The molecule has 3 aliphatic rings. The Bertz CT molecular complexity index is 1520. The van der Waals surface area contributed by atoms with Crippen molar-refractivity contribution >= 4 is 57.4 Å². The van der Waals surface area contributed by atoms with Gasteiger partial charge in [0, 0.05) is 38.4 Å². The summed E-state index contributed by atoms with van der Waals surface area (Å²) in [5.74, 6) is 0.170. The molecule has 1 aromatic carbocycles. The summed E-state index contributed by atoms with van der Waals surface area (Å²) in [6, 6.07) is 10.7. The van der Waals surface area contributed by atoms with Gasteiger partial charge in [-0.25, -0.2) is 9.37 Å². The van der Waals surface area contributed by atoms with Gasteiger partial charge in [0.15, 0.2) is 0 Å². The molecule has 0 radical (unpaired) electrons. The van der Waals surface area contributed by atoms with Crippen LogP contribution < -0.4 is 15.4 Å². The van der Waals surface area contributed by atoms with E-state index < -0.39 is 0 Å². The Morgan fingerprint density at radius 1 is 1.03 bits per heavy atom. The maximum atomic E-state index is 14.4. The zero-order chi connectivity index (χ0) is 26.4. The first-order valence-electron chi connectivity index (χ1n) is 13.0. The van der Waals surface area contributed by atoms with Crippen LogP contribution in [-0.2, 0) is 4.79 Å². The van der Waals surface area contributed by atoms with E-state index in [9.17, 15) is 14.0 Å². The van der Waals surface area contributed by atoms with E-state index in [-0.39, 0.29) is 23.3 Å². The van der Waals surface area contributed by atoms with Gasteiger partial charge in [0.05, 0.1) is 16.2 Å². The van der Waals surface area contributed by atoms with Crippen molar-refractivity contribution in [3.63, 3.8) is 0 Å². The highest BCUT2D eigenvalue weighted by atomic mass is 32.2. The molecule has 1 aliphatic carbocycles. The van der Waals surface area contributed by atoms with Gasteiger partial charge >= 0.3 is 0 Å². The molecule has 4 heterocycles. The van der Waals surface area contributed by atoms with Crippen molar-refractivity contribution in [3.05, 3.63) is 74.8 Å². The molecule has 38 heavy (non-hydrogen) atoms. The highest BCUT2D eigenvalue weighted by Crippen LogP contribution is 2.38. The van der Waals surface area contributed by atoms with E-state index in [4.69, 9.17) is 17.2 Å². The summed E-state index contributed by atoms with van der Waals surface area (Å²) < 4.78 is 16.5. The topological polar surface area (TPSA) is 61.2 Å². The molecule has 0 N–H and O–H groups in total. The van der Waals surface area contributed by atoms with Crippen LogP contribution in [0, 0.1) is 12.7 Å². The number of thiocarbonyl (C=S) groups is 1. The number of aryl methyl sites for hydroxylation is 1. The molecule has 10 heteroatoms. The average Bonchev–Trinajstić information content (AvgIpc) is 3.54. The van der Waals surface area contributed by atoms with Crippen molar-refractivity contribution in [1.29, 1.82) is 0 Å². The maximum absolute atomic E-state index is 14.4. The Morgan fingerprint density at radius 3 is 2.47 bits per heavy atom. The first-order chi connectivity index (χ1) is 18.4. The summed E-state index contributed by atoms with van der Waals surface area (Å²) in [5, 5.41) is 0.